The average molecular weight is 289 g/mol. The second-order valence-corrected chi connectivity index (χ2v) is 5.23. The maximum absolute atomic E-state index is 8.56. The minimum Gasteiger partial charge on any atom is -0.495 e. The van der Waals surface area contributed by atoms with Crippen molar-refractivity contribution in [2.75, 3.05) is 44.7 Å². The van der Waals surface area contributed by atoms with Crippen molar-refractivity contribution < 1.29 is 4.74 Å². The molecule has 0 bridgehead atoms. The van der Waals surface area contributed by atoms with Gasteiger partial charge in [0.15, 0.2) is 0 Å². The van der Waals surface area contributed by atoms with Crippen LogP contribution in [-0.2, 0) is 0 Å². The maximum Gasteiger partial charge on any atom is 0.142 e. The first kappa shape index (κ1) is 15.5. The number of rotatable bonds is 6. The molecule has 1 heterocycles. The fourth-order valence-corrected chi connectivity index (χ4v) is 2.68. The Hall–Kier alpha value is -1.91. The quantitative estimate of drug-likeness (QED) is 0.459. The van der Waals surface area contributed by atoms with E-state index in [-0.39, 0.29) is 6.04 Å². The van der Waals surface area contributed by atoms with Crippen LogP contribution < -0.4 is 9.64 Å². The van der Waals surface area contributed by atoms with E-state index in [0.29, 0.717) is 0 Å². The second kappa shape index (κ2) is 7.76. The third-order valence-electron chi connectivity index (χ3n) is 3.95. The minimum absolute atomic E-state index is 0.0767. The zero-order valence-electron chi connectivity index (χ0n) is 12.8. The fraction of sp³-hybridized carbons (Fsp3) is 0.600. The molecule has 0 N–H and O–H groups in total. The third-order valence-corrected chi connectivity index (χ3v) is 3.95. The van der Waals surface area contributed by atoms with Crippen LogP contribution in [0.5, 0.6) is 5.75 Å². The summed E-state index contributed by atoms with van der Waals surface area (Å²) in [5, 5.41) is 3.85. The summed E-state index contributed by atoms with van der Waals surface area (Å²) in [6.45, 7) is 6.80. The molecule has 0 aliphatic carbocycles. The van der Waals surface area contributed by atoms with Crippen LogP contribution in [-0.4, -0.2) is 50.8 Å². The topological polar surface area (TPSA) is 64.5 Å². The summed E-state index contributed by atoms with van der Waals surface area (Å²) in [7, 11) is 1.71. The van der Waals surface area contributed by atoms with E-state index in [1.807, 2.05) is 18.2 Å². The lowest BCUT2D eigenvalue weighted by Crippen LogP contribution is -2.48. The first-order valence-corrected chi connectivity index (χ1v) is 7.43. The van der Waals surface area contributed by atoms with E-state index < -0.39 is 0 Å². The van der Waals surface area contributed by atoms with Gasteiger partial charge in [0.2, 0.25) is 0 Å². The molecular formula is C15H23N5O. The molecule has 0 amide bonds. The Balaban J connectivity index is 1.92. The molecular weight excluding hydrogens is 266 g/mol. The van der Waals surface area contributed by atoms with E-state index in [9.17, 15) is 0 Å². The van der Waals surface area contributed by atoms with Gasteiger partial charge in [0.1, 0.15) is 5.75 Å². The van der Waals surface area contributed by atoms with Gasteiger partial charge in [0.05, 0.1) is 12.8 Å². The molecule has 6 heteroatoms. The summed E-state index contributed by atoms with van der Waals surface area (Å²) in [5.74, 6) is 0.923. The number of azide groups is 1. The minimum atomic E-state index is 0.0767. The van der Waals surface area contributed by atoms with Crippen molar-refractivity contribution in [2.24, 2.45) is 5.11 Å². The van der Waals surface area contributed by atoms with Gasteiger partial charge in [-0.05, 0) is 24.1 Å². The fourth-order valence-electron chi connectivity index (χ4n) is 2.68. The van der Waals surface area contributed by atoms with Gasteiger partial charge in [-0.1, -0.05) is 24.2 Å². The molecule has 1 aliphatic heterocycles. The zero-order valence-corrected chi connectivity index (χ0v) is 12.8. The summed E-state index contributed by atoms with van der Waals surface area (Å²) < 4.78 is 5.43. The monoisotopic (exact) mass is 289 g/mol. The second-order valence-electron chi connectivity index (χ2n) is 5.23. The molecule has 2 rings (SSSR count). The summed E-state index contributed by atoms with van der Waals surface area (Å²) >= 11 is 0. The zero-order chi connectivity index (χ0) is 15.1. The predicted octanol–water partition coefficient (Wildman–Crippen LogP) is 2.91. The van der Waals surface area contributed by atoms with Gasteiger partial charge in [-0.25, -0.2) is 0 Å². The molecule has 1 fully saturated rings. The molecule has 0 saturated carbocycles. The molecule has 0 radical (unpaired) electrons. The molecule has 21 heavy (non-hydrogen) atoms. The average Bonchev–Trinajstić information content (AvgIpc) is 2.55. The molecule has 1 unspecified atom stereocenters. The number of methoxy groups -OCH3 is 1. The van der Waals surface area contributed by atoms with Gasteiger partial charge in [0, 0.05) is 43.7 Å². The molecule has 0 aromatic heterocycles. The van der Waals surface area contributed by atoms with Gasteiger partial charge in [-0.3, -0.25) is 4.90 Å². The van der Waals surface area contributed by atoms with Crippen LogP contribution in [0.3, 0.4) is 0 Å². The lowest BCUT2D eigenvalue weighted by Gasteiger charge is -2.37. The Labute approximate surface area is 125 Å². The number of benzene rings is 1. The van der Waals surface area contributed by atoms with Crippen molar-refractivity contribution in [3.63, 3.8) is 0 Å². The Morgan fingerprint density at radius 3 is 2.62 bits per heavy atom. The van der Waals surface area contributed by atoms with Crippen molar-refractivity contribution in [2.45, 2.75) is 19.4 Å². The number of piperazine rings is 1. The van der Waals surface area contributed by atoms with E-state index in [1.54, 1.807) is 7.11 Å². The van der Waals surface area contributed by atoms with Crippen LogP contribution in [0.1, 0.15) is 13.3 Å². The summed E-state index contributed by atoms with van der Waals surface area (Å²) in [4.78, 5) is 7.65. The lowest BCUT2D eigenvalue weighted by atomic mass is 10.2. The van der Waals surface area contributed by atoms with Gasteiger partial charge in [-0.15, -0.1) is 0 Å². The van der Waals surface area contributed by atoms with Gasteiger partial charge < -0.3 is 9.64 Å². The van der Waals surface area contributed by atoms with Crippen molar-refractivity contribution in [3.8, 4) is 5.75 Å². The Morgan fingerprint density at radius 2 is 2.00 bits per heavy atom. The van der Waals surface area contributed by atoms with Crippen molar-refractivity contribution in [3.05, 3.63) is 34.7 Å². The van der Waals surface area contributed by atoms with Crippen LogP contribution in [0.15, 0.2) is 29.4 Å². The van der Waals surface area contributed by atoms with E-state index in [1.165, 1.54) is 0 Å². The van der Waals surface area contributed by atoms with Gasteiger partial charge in [-0.2, -0.15) is 0 Å². The standard InChI is InChI=1S/C15H23N5O/c1-3-13(17-18-16)12-19-8-10-20(11-9-19)14-6-4-5-7-15(14)21-2/h4-7,13H,3,8-12H2,1-2H3. The summed E-state index contributed by atoms with van der Waals surface area (Å²) in [6, 6.07) is 8.20. The van der Waals surface area contributed by atoms with Crippen molar-refractivity contribution >= 4 is 5.69 Å². The number of hydrogen-bond acceptors (Lipinski definition) is 4. The molecule has 6 nitrogen and oxygen atoms in total. The summed E-state index contributed by atoms with van der Waals surface area (Å²) in [5.41, 5.74) is 9.72. The van der Waals surface area contributed by atoms with Crippen LogP contribution in [0.25, 0.3) is 10.4 Å². The molecule has 1 atom stereocenters. The van der Waals surface area contributed by atoms with Gasteiger partial charge in [0.25, 0.3) is 0 Å². The largest absolute Gasteiger partial charge is 0.495 e. The van der Waals surface area contributed by atoms with Crippen molar-refractivity contribution in [1.29, 1.82) is 0 Å². The highest BCUT2D eigenvalue weighted by molar-refractivity contribution is 5.58. The molecule has 0 spiro atoms. The Kier molecular flexibility index (Phi) is 5.72. The highest BCUT2D eigenvalue weighted by Crippen LogP contribution is 2.28. The predicted molar refractivity (Wildman–Crippen MR) is 84.9 cm³/mol. The molecule has 1 saturated heterocycles. The number of ether oxygens (including phenoxy) is 1. The normalized spacial score (nSPS) is 17.1. The van der Waals surface area contributed by atoms with Crippen LogP contribution in [0.2, 0.25) is 0 Å². The number of hydrogen-bond donors (Lipinski definition) is 0. The number of nitrogens with zero attached hydrogens (tertiary/aromatic N) is 5. The SMILES string of the molecule is CCC(CN1CCN(c2ccccc2OC)CC1)N=[N+]=[N-]. The molecule has 1 aromatic carbocycles. The van der Waals surface area contributed by atoms with E-state index in [4.69, 9.17) is 10.3 Å². The number of para-hydroxylation sites is 2. The van der Waals surface area contributed by atoms with Crippen LogP contribution >= 0.6 is 0 Å². The lowest BCUT2D eigenvalue weighted by molar-refractivity contribution is 0.240. The Bertz CT molecular complexity index is 493. The maximum atomic E-state index is 8.56. The molecule has 114 valence electrons. The van der Waals surface area contributed by atoms with Gasteiger partial charge >= 0.3 is 0 Å². The third kappa shape index (κ3) is 4.03. The van der Waals surface area contributed by atoms with Crippen LogP contribution in [0.4, 0.5) is 5.69 Å². The highest BCUT2D eigenvalue weighted by atomic mass is 16.5. The first-order chi connectivity index (χ1) is 10.3. The van der Waals surface area contributed by atoms with E-state index in [2.05, 4.69) is 32.8 Å². The smallest absolute Gasteiger partial charge is 0.142 e. The van der Waals surface area contributed by atoms with Crippen LogP contribution in [0, 0.1) is 0 Å². The van der Waals surface area contributed by atoms with E-state index in [0.717, 1.165) is 50.6 Å². The first-order valence-electron chi connectivity index (χ1n) is 7.43. The number of anilines is 1. The van der Waals surface area contributed by atoms with Crippen molar-refractivity contribution in [1.82, 2.24) is 4.90 Å². The molecule has 1 aliphatic rings. The Morgan fingerprint density at radius 1 is 1.29 bits per heavy atom. The highest BCUT2D eigenvalue weighted by Gasteiger charge is 2.20. The summed E-state index contributed by atoms with van der Waals surface area (Å²) in [6.07, 6.45) is 0.886. The molecule has 1 aromatic rings. The van der Waals surface area contributed by atoms with E-state index >= 15 is 0 Å².